The zero-order valence-electron chi connectivity index (χ0n) is 26.5. The number of hydrogen-bond donors (Lipinski definition) is 3. The van der Waals surface area contributed by atoms with E-state index in [0.29, 0.717) is 36.1 Å². The highest BCUT2D eigenvalue weighted by Gasteiger charge is 2.28. The third kappa shape index (κ3) is 10.3. The van der Waals surface area contributed by atoms with Gasteiger partial charge in [0.2, 0.25) is 10.0 Å². The lowest BCUT2D eigenvalue weighted by Gasteiger charge is -2.38. The van der Waals surface area contributed by atoms with Crippen LogP contribution in [0.1, 0.15) is 58.6 Å². The molecule has 5 rings (SSSR count). The second-order valence-corrected chi connectivity index (χ2v) is 13.9. The quantitative estimate of drug-likeness (QED) is 0.136. The Kier molecular flexibility index (Phi) is 11.5. The summed E-state index contributed by atoms with van der Waals surface area (Å²) >= 11 is 0. The first-order valence-corrected chi connectivity index (χ1v) is 17.7. The van der Waals surface area contributed by atoms with Crippen molar-refractivity contribution in [2.45, 2.75) is 56.9 Å². The number of aromatic carboxylic acids is 1. The Labute approximate surface area is 276 Å². The minimum Gasteiger partial charge on any atom is -0.491 e. The lowest BCUT2D eigenvalue weighted by molar-refractivity contribution is 0.0384. The van der Waals surface area contributed by atoms with E-state index in [4.69, 9.17) is 9.47 Å². The first-order valence-electron chi connectivity index (χ1n) is 15.8. The molecule has 4 aromatic rings. The Balaban J connectivity index is 1.22. The number of carboxylic acid groups (broad SMARTS) is 1. The molecule has 0 bridgehead atoms. The fourth-order valence-electron chi connectivity index (χ4n) is 6.09. The fraction of sp³-hybridized carbons (Fsp3) is 0.324. The van der Waals surface area contributed by atoms with Crippen LogP contribution in [0.5, 0.6) is 11.5 Å². The first-order chi connectivity index (χ1) is 22.6. The molecule has 0 radical (unpaired) electrons. The van der Waals surface area contributed by atoms with Crippen molar-refractivity contribution in [1.29, 1.82) is 0 Å². The number of hydrogen-bond acceptors (Lipinski definition) is 7. The van der Waals surface area contributed by atoms with Gasteiger partial charge in [-0.3, -0.25) is 9.62 Å². The summed E-state index contributed by atoms with van der Waals surface area (Å²) in [4.78, 5) is 13.6. The van der Waals surface area contributed by atoms with E-state index in [1.807, 2.05) is 60.7 Å². The summed E-state index contributed by atoms with van der Waals surface area (Å²) in [5.74, 6) is 0.228. The lowest BCUT2D eigenvalue weighted by Crippen LogP contribution is -2.43. The number of ether oxygens (including phenoxy) is 2. The highest BCUT2D eigenvalue weighted by Crippen LogP contribution is 2.36. The van der Waals surface area contributed by atoms with E-state index < -0.39 is 22.1 Å². The Morgan fingerprint density at radius 2 is 1.51 bits per heavy atom. The molecule has 4 aromatic carbocycles. The third-order valence-electron chi connectivity index (χ3n) is 8.44. The smallest absolute Gasteiger partial charge is 0.335 e. The Hall–Kier alpha value is -4.38. The molecule has 0 saturated heterocycles. The van der Waals surface area contributed by atoms with Crippen molar-refractivity contribution in [1.82, 2.24) is 4.90 Å². The monoisotopic (exact) mass is 658 g/mol. The van der Waals surface area contributed by atoms with Crippen molar-refractivity contribution in [3.05, 3.63) is 125 Å². The number of aliphatic hydroxyl groups excluding tert-OH is 1. The number of carboxylic acids is 1. The van der Waals surface area contributed by atoms with Crippen LogP contribution >= 0.6 is 0 Å². The molecule has 10 heteroatoms. The number of aliphatic hydroxyl groups is 1. The van der Waals surface area contributed by atoms with Crippen molar-refractivity contribution in [2.75, 3.05) is 24.1 Å². The van der Waals surface area contributed by atoms with Gasteiger partial charge in [0, 0.05) is 25.2 Å². The molecule has 1 saturated carbocycles. The van der Waals surface area contributed by atoms with Crippen LogP contribution in [0, 0.1) is 0 Å². The molecule has 1 aliphatic rings. The van der Waals surface area contributed by atoms with E-state index in [1.54, 1.807) is 30.3 Å². The molecule has 0 aliphatic heterocycles. The number of sulfonamides is 1. The van der Waals surface area contributed by atoms with Crippen molar-refractivity contribution in [2.24, 2.45) is 0 Å². The van der Waals surface area contributed by atoms with E-state index in [0.717, 1.165) is 48.6 Å². The molecule has 248 valence electrons. The van der Waals surface area contributed by atoms with Gasteiger partial charge in [-0.05, 0) is 72.6 Å². The first kappa shape index (κ1) is 34.0. The summed E-state index contributed by atoms with van der Waals surface area (Å²) in [5.41, 5.74) is 3.83. The number of rotatable bonds is 15. The van der Waals surface area contributed by atoms with Gasteiger partial charge < -0.3 is 19.7 Å². The maximum absolute atomic E-state index is 12.1. The second kappa shape index (κ2) is 15.9. The lowest BCUT2D eigenvalue weighted by atomic mass is 9.81. The molecule has 1 aliphatic carbocycles. The zero-order chi connectivity index (χ0) is 33.2. The summed E-state index contributed by atoms with van der Waals surface area (Å²) in [5, 5.41) is 20.4. The van der Waals surface area contributed by atoms with E-state index in [2.05, 4.69) is 21.8 Å². The van der Waals surface area contributed by atoms with Gasteiger partial charge in [-0.2, -0.15) is 0 Å². The molecular formula is C37H42N2O7S. The standard InChI is InChI=1S/C37H42N2O7S/c1-47(43,44)38-35-22-34(20-21-36(35)46-25-28-10-6-3-7-11-28)45-26-33(40)24-39(23-27-8-4-2-5-9-27)32-18-16-30(17-19-32)29-12-14-31(15-13-29)37(41)42/h2-15,20-22,30,32-33,38,40H,16-19,23-26H2,1H3,(H,41,42)/t30?,32?,33-/m0/s1. The summed E-state index contributed by atoms with van der Waals surface area (Å²) in [6.45, 7) is 1.40. The number of carbonyl (C=O) groups is 1. The van der Waals surface area contributed by atoms with Crippen LogP contribution in [0.25, 0.3) is 0 Å². The molecular weight excluding hydrogens is 616 g/mol. The van der Waals surface area contributed by atoms with Gasteiger partial charge in [0.25, 0.3) is 0 Å². The van der Waals surface area contributed by atoms with Gasteiger partial charge >= 0.3 is 5.97 Å². The van der Waals surface area contributed by atoms with Crippen LogP contribution in [-0.4, -0.2) is 61.1 Å². The number of anilines is 1. The van der Waals surface area contributed by atoms with Crippen molar-refractivity contribution < 1.29 is 32.9 Å². The largest absolute Gasteiger partial charge is 0.491 e. The molecule has 1 fully saturated rings. The van der Waals surface area contributed by atoms with Crippen LogP contribution in [0.15, 0.2) is 103 Å². The normalized spacial score (nSPS) is 17.2. The number of nitrogens with one attached hydrogen (secondary N) is 1. The van der Waals surface area contributed by atoms with Gasteiger partial charge in [0.1, 0.15) is 30.8 Å². The fourth-order valence-corrected chi connectivity index (χ4v) is 6.65. The summed E-state index contributed by atoms with van der Waals surface area (Å²) in [6, 6.07) is 32.2. The SMILES string of the molecule is CS(=O)(=O)Nc1cc(OC[C@@H](O)CN(Cc2ccccc2)C2CCC(c3ccc(C(=O)O)cc3)CC2)ccc1OCc1ccccc1. The molecule has 0 unspecified atom stereocenters. The predicted molar refractivity (Wildman–Crippen MR) is 182 cm³/mol. The molecule has 1 atom stereocenters. The minimum atomic E-state index is -3.58. The highest BCUT2D eigenvalue weighted by atomic mass is 32.2. The van der Waals surface area contributed by atoms with Gasteiger partial charge in [0.15, 0.2) is 0 Å². The zero-order valence-corrected chi connectivity index (χ0v) is 27.3. The van der Waals surface area contributed by atoms with E-state index in [1.165, 1.54) is 0 Å². The average Bonchev–Trinajstić information content (AvgIpc) is 3.07. The molecule has 0 heterocycles. The van der Waals surface area contributed by atoms with E-state index >= 15 is 0 Å². The maximum Gasteiger partial charge on any atom is 0.335 e. The number of benzene rings is 4. The van der Waals surface area contributed by atoms with Crippen LogP contribution in [0.2, 0.25) is 0 Å². The predicted octanol–water partition coefficient (Wildman–Crippen LogP) is 6.30. The maximum atomic E-state index is 12.1. The number of nitrogens with zero attached hydrogens (tertiary/aromatic N) is 1. The topological polar surface area (TPSA) is 125 Å². The van der Waals surface area contributed by atoms with Crippen LogP contribution in [0.3, 0.4) is 0 Å². The molecule has 0 aromatic heterocycles. The van der Waals surface area contributed by atoms with Gasteiger partial charge in [-0.25, -0.2) is 13.2 Å². The Bertz CT molecular complexity index is 1690. The molecule has 47 heavy (non-hydrogen) atoms. The molecule has 0 spiro atoms. The third-order valence-corrected chi connectivity index (χ3v) is 9.03. The average molecular weight is 659 g/mol. The highest BCUT2D eigenvalue weighted by molar-refractivity contribution is 7.92. The van der Waals surface area contributed by atoms with Crippen LogP contribution in [-0.2, 0) is 23.2 Å². The van der Waals surface area contributed by atoms with Crippen molar-refractivity contribution in [3.63, 3.8) is 0 Å². The van der Waals surface area contributed by atoms with E-state index in [-0.39, 0.29) is 24.9 Å². The Morgan fingerprint density at radius 3 is 2.13 bits per heavy atom. The van der Waals surface area contributed by atoms with Gasteiger partial charge in [-0.1, -0.05) is 72.8 Å². The van der Waals surface area contributed by atoms with E-state index in [9.17, 15) is 23.4 Å². The van der Waals surface area contributed by atoms with Crippen molar-refractivity contribution in [3.8, 4) is 11.5 Å². The summed E-state index contributed by atoms with van der Waals surface area (Å²) in [6.07, 6.45) is 4.15. The van der Waals surface area contributed by atoms with Crippen LogP contribution in [0.4, 0.5) is 5.69 Å². The minimum absolute atomic E-state index is 0.0269. The van der Waals surface area contributed by atoms with Gasteiger partial charge in [-0.15, -0.1) is 0 Å². The molecule has 3 N–H and O–H groups in total. The van der Waals surface area contributed by atoms with Crippen LogP contribution < -0.4 is 14.2 Å². The van der Waals surface area contributed by atoms with Crippen molar-refractivity contribution >= 4 is 21.7 Å². The molecule has 9 nitrogen and oxygen atoms in total. The Morgan fingerprint density at radius 1 is 0.872 bits per heavy atom. The second-order valence-electron chi connectivity index (χ2n) is 12.1. The summed E-state index contributed by atoms with van der Waals surface area (Å²) in [7, 11) is -3.58. The van der Waals surface area contributed by atoms with Gasteiger partial charge in [0.05, 0.1) is 17.5 Å². The molecule has 0 amide bonds. The summed E-state index contributed by atoms with van der Waals surface area (Å²) < 4.78 is 38.6.